The summed E-state index contributed by atoms with van der Waals surface area (Å²) in [6.07, 6.45) is 0.744. The van der Waals surface area contributed by atoms with Crippen LogP contribution in [0, 0.1) is 0 Å². The van der Waals surface area contributed by atoms with Crippen LogP contribution in [0.5, 0.6) is 0 Å². The van der Waals surface area contributed by atoms with Crippen LogP contribution in [-0.4, -0.2) is 10.9 Å². The monoisotopic (exact) mass is 262 g/mol. The molecule has 2 heterocycles. The zero-order valence-electron chi connectivity index (χ0n) is 9.93. The number of amides is 1. The highest BCUT2D eigenvalue weighted by atomic mass is 32.1. The lowest BCUT2D eigenvalue weighted by Crippen LogP contribution is -2.15. The van der Waals surface area contributed by atoms with Crippen molar-refractivity contribution < 1.29 is 4.79 Å². The van der Waals surface area contributed by atoms with Gasteiger partial charge in [-0.05, 0) is 30.0 Å². The summed E-state index contributed by atoms with van der Waals surface area (Å²) in [5.41, 5.74) is 4.62. The number of aryl methyl sites for hydroxylation is 1. The van der Waals surface area contributed by atoms with Crippen LogP contribution in [-0.2, 0) is 6.42 Å². The standard InChI is InChI=1S/C12H14N4OS/c1-2-9-5-8(6-11(14-9)16-13)12(17)15-10-3-4-18-7-10/h3-7H,2,13H2,1H3,(H,14,16)(H,15,17). The van der Waals surface area contributed by atoms with Crippen LogP contribution in [0.2, 0.25) is 0 Å². The molecule has 4 N–H and O–H groups in total. The van der Waals surface area contributed by atoms with Gasteiger partial charge in [0.2, 0.25) is 0 Å². The van der Waals surface area contributed by atoms with Crippen molar-refractivity contribution in [3.8, 4) is 0 Å². The molecule has 2 aromatic rings. The van der Waals surface area contributed by atoms with E-state index in [1.807, 2.05) is 23.8 Å². The molecular weight excluding hydrogens is 248 g/mol. The minimum absolute atomic E-state index is 0.165. The highest BCUT2D eigenvalue weighted by molar-refractivity contribution is 7.08. The van der Waals surface area contributed by atoms with Gasteiger partial charge in [-0.1, -0.05) is 6.92 Å². The fourth-order valence-electron chi connectivity index (χ4n) is 1.51. The third-order valence-electron chi connectivity index (χ3n) is 2.43. The molecular formula is C12H14N4OS. The number of hydrazine groups is 1. The summed E-state index contributed by atoms with van der Waals surface area (Å²) in [4.78, 5) is 16.3. The van der Waals surface area contributed by atoms with Crippen molar-refractivity contribution in [3.63, 3.8) is 0 Å². The second kappa shape index (κ2) is 5.61. The highest BCUT2D eigenvalue weighted by Crippen LogP contribution is 2.15. The summed E-state index contributed by atoms with van der Waals surface area (Å²) in [5, 5.41) is 6.60. The largest absolute Gasteiger partial charge is 0.321 e. The van der Waals surface area contributed by atoms with E-state index in [4.69, 9.17) is 5.84 Å². The molecule has 0 saturated heterocycles. The van der Waals surface area contributed by atoms with Crippen molar-refractivity contribution in [1.29, 1.82) is 0 Å². The van der Waals surface area contributed by atoms with E-state index in [-0.39, 0.29) is 5.91 Å². The first-order chi connectivity index (χ1) is 8.72. The summed E-state index contributed by atoms with van der Waals surface area (Å²) < 4.78 is 0. The number of rotatable bonds is 4. The van der Waals surface area contributed by atoms with Crippen molar-refractivity contribution in [2.45, 2.75) is 13.3 Å². The van der Waals surface area contributed by atoms with Gasteiger partial charge in [0.05, 0.1) is 5.69 Å². The lowest BCUT2D eigenvalue weighted by Gasteiger charge is -2.07. The molecule has 18 heavy (non-hydrogen) atoms. The number of pyridine rings is 1. The Balaban J connectivity index is 2.23. The number of hydrogen-bond donors (Lipinski definition) is 3. The molecule has 6 heteroatoms. The van der Waals surface area contributed by atoms with E-state index in [9.17, 15) is 4.79 Å². The summed E-state index contributed by atoms with van der Waals surface area (Å²) in [7, 11) is 0. The average Bonchev–Trinajstić information content (AvgIpc) is 2.90. The van der Waals surface area contributed by atoms with Crippen LogP contribution in [0.15, 0.2) is 29.0 Å². The number of thiophene rings is 1. The smallest absolute Gasteiger partial charge is 0.255 e. The predicted octanol–water partition coefficient (Wildman–Crippen LogP) is 2.24. The summed E-state index contributed by atoms with van der Waals surface area (Å²) in [5.74, 6) is 5.66. The molecule has 0 unspecified atom stereocenters. The van der Waals surface area contributed by atoms with Gasteiger partial charge in [-0.25, -0.2) is 10.8 Å². The molecule has 0 aromatic carbocycles. The van der Waals surface area contributed by atoms with Gasteiger partial charge in [0, 0.05) is 16.6 Å². The van der Waals surface area contributed by atoms with E-state index >= 15 is 0 Å². The molecule has 0 spiro atoms. The van der Waals surface area contributed by atoms with Crippen molar-refractivity contribution in [1.82, 2.24) is 4.98 Å². The minimum atomic E-state index is -0.165. The molecule has 0 radical (unpaired) electrons. The molecule has 0 aliphatic heterocycles. The molecule has 2 aromatic heterocycles. The fraction of sp³-hybridized carbons (Fsp3) is 0.167. The first-order valence-electron chi connectivity index (χ1n) is 5.54. The van der Waals surface area contributed by atoms with Crippen molar-refractivity contribution in [2.75, 3.05) is 10.7 Å². The van der Waals surface area contributed by atoms with Gasteiger partial charge < -0.3 is 10.7 Å². The third kappa shape index (κ3) is 2.85. The Bertz CT molecular complexity index is 517. The second-order valence-corrected chi connectivity index (χ2v) is 4.48. The van der Waals surface area contributed by atoms with E-state index in [1.165, 1.54) is 11.3 Å². The zero-order valence-corrected chi connectivity index (χ0v) is 10.8. The molecule has 5 nitrogen and oxygen atoms in total. The van der Waals surface area contributed by atoms with E-state index in [0.29, 0.717) is 11.4 Å². The summed E-state index contributed by atoms with van der Waals surface area (Å²) in [6.45, 7) is 1.98. The Hall–Kier alpha value is -1.92. The summed E-state index contributed by atoms with van der Waals surface area (Å²) in [6, 6.07) is 5.25. The van der Waals surface area contributed by atoms with Gasteiger partial charge in [0.25, 0.3) is 5.91 Å². The number of nitrogen functional groups attached to an aromatic ring is 1. The van der Waals surface area contributed by atoms with Crippen molar-refractivity contribution in [3.05, 3.63) is 40.2 Å². The molecule has 94 valence electrons. The lowest BCUT2D eigenvalue weighted by atomic mass is 10.2. The quantitative estimate of drug-likeness (QED) is 0.583. The lowest BCUT2D eigenvalue weighted by molar-refractivity contribution is 0.102. The van der Waals surface area contributed by atoms with Crippen molar-refractivity contribution in [2.24, 2.45) is 5.84 Å². The van der Waals surface area contributed by atoms with E-state index in [1.54, 1.807) is 12.1 Å². The molecule has 2 rings (SSSR count). The van der Waals surface area contributed by atoms with Gasteiger partial charge in [-0.2, -0.15) is 11.3 Å². The van der Waals surface area contributed by atoms with Gasteiger partial charge in [-0.3, -0.25) is 4.79 Å². The molecule has 0 aliphatic carbocycles. The number of carbonyl (C=O) groups excluding carboxylic acids is 1. The van der Waals surface area contributed by atoms with Crippen LogP contribution in [0.1, 0.15) is 23.0 Å². The molecule has 0 bridgehead atoms. The van der Waals surface area contributed by atoms with Crippen LogP contribution >= 0.6 is 11.3 Å². The number of aromatic nitrogens is 1. The first-order valence-corrected chi connectivity index (χ1v) is 6.48. The number of nitrogens with zero attached hydrogens (tertiary/aromatic N) is 1. The molecule has 0 aliphatic rings. The van der Waals surface area contributed by atoms with Gasteiger partial charge in [0.1, 0.15) is 5.82 Å². The van der Waals surface area contributed by atoms with Gasteiger partial charge in [-0.15, -0.1) is 0 Å². The number of hydrogen-bond acceptors (Lipinski definition) is 5. The minimum Gasteiger partial charge on any atom is -0.321 e. The Labute approximate surface area is 109 Å². The topological polar surface area (TPSA) is 80.0 Å². The van der Waals surface area contributed by atoms with Crippen LogP contribution in [0.25, 0.3) is 0 Å². The molecule has 0 fully saturated rings. The van der Waals surface area contributed by atoms with E-state index in [0.717, 1.165) is 17.8 Å². The Morgan fingerprint density at radius 3 is 2.94 bits per heavy atom. The average molecular weight is 262 g/mol. The van der Waals surface area contributed by atoms with Crippen LogP contribution < -0.4 is 16.6 Å². The van der Waals surface area contributed by atoms with Gasteiger partial charge >= 0.3 is 0 Å². The molecule has 0 atom stereocenters. The number of nitrogens with two attached hydrogens (primary N) is 1. The molecule has 1 amide bonds. The van der Waals surface area contributed by atoms with E-state index < -0.39 is 0 Å². The number of nitrogens with one attached hydrogen (secondary N) is 2. The third-order valence-corrected chi connectivity index (χ3v) is 3.11. The first kappa shape index (κ1) is 12.5. The normalized spacial score (nSPS) is 10.1. The van der Waals surface area contributed by atoms with Crippen LogP contribution in [0.4, 0.5) is 11.5 Å². The SMILES string of the molecule is CCc1cc(C(=O)Nc2ccsc2)cc(NN)n1. The van der Waals surface area contributed by atoms with Crippen molar-refractivity contribution >= 4 is 28.7 Å². The maximum absolute atomic E-state index is 12.0. The predicted molar refractivity (Wildman–Crippen MR) is 73.7 cm³/mol. The Kier molecular flexibility index (Phi) is 3.91. The highest BCUT2D eigenvalue weighted by Gasteiger charge is 2.09. The fourth-order valence-corrected chi connectivity index (χ4v) is 2.10. The Morgan fingerprint density at radius 2 is 2.33 bits per heavy atom. The Morgan fingerprint density at radius 1 is 1.50 bits per heavy atom. The van der Waals surface area contributed by atoms with Gasteiger partial charge in [0.15, 0.2) is 0 Å². The van der Waals surface area contributed by atoms with Crippen LogP contribution in [0.3, 0.4) is 0 Å². The molecule has 0 saturated carbocycles. The summed E-state index contributed by atoms with van der Waals surface area (Å²) >= 11 is 1.53. The number of carbonyl (C=O) groups is 1. The maximum atomic E-state index is 12.0. The zero-order chi connectivity index (χ0) is 13.0. The maximum Gasteiger partial charge on any atom is 0.255 e. The number of anilines is 2. The van der Waals surface area contributed by atoms with E-state index in [2.05, 4.69) is 15.7 Å². The second-order valence-electron chi connectivity index (χ2n) is 3.70.